The average Bonchev–Trinajstić information content (AvgIpc) is 2.27. The molecule has 1 atom stereocenters. The smallest absolute Gasteiger partial charge is 0.269 e. The first-order valence-electron chi connectivity index (χ1n) is 5.85. The molecule has 0 heterocycles. The SMILES string of the molecule is CCO[S@](=O)(=NC(C)(C)C)c1ccc([N+](=O)[O-])cc1. The highest BCUT2D eigenvalue weighted by Gasteiger charge is 2.19. The Bertz CT molecular complexity index is 566. The molecule has 19 heavy (non-hydrogen) atoms. The number of benzene rings is 1. The van der Waals surface area contributed by atoms with E-state index in [1.54, 1.807) is 6.92 Å². The van der Waals surface area contributed by atoms with Gasteiger partial charge in [0, 0.05) is 12.1 Å². The van der Waals surface area contributed by atoms with Crippen LogP contribution in [0.5, 0.6) is 0 Å². The number of nitrogens with zero attached hydrogens (tertiary/aromatic N) is 2. The van der Waals surface area contributed by atoms with Gasteiger partial charge in [0.05, 0.1) is 22.0 Å². The Kier molecular flexibility index (Phi) is 4.65. The van der Waals surface area contributed by atoms with Gasteiger partial charge in [0.1, 0.15) is 0 Å². The van der Waals surface area contributed by atoms with E-state index in [2.05, 4.69) is 4.36 Å². The zero-order valence-corrected chi connectivity index (χ0v) is 12.3. The molecule has 0 amide bonds. The quantitative estimate of drug-likeness (QED) is 0.628. The largest absolute Gasteiger partial charge is 0.281 e. The summed E-state index contributed by atoms with van der Waals surface area (Å²) in [6, 6.07) is 5.44. The third-order valence-electron chi connectivity index (χ3n) is 2.02. The fourth-order valence-corrected chi connectivity index (χ4v) is 3.22. The molecule has 0 saturated carbocycles. The summed E-state index contributed by atoms with van der Waals surface area (Å²) in [5, 5.41) is 10.6. The highest BCUT2D eigenvalue weighted by Crippen LogP contribution is 2.23. The van der Waals surface area contributed by atoms with Gasteiger partial charge in [0.25, 0.3) is 5.69 Å². The third-order valence-corrected chi connectivity index (χ3v) is 4.23. The average molecular weight is 286 g/mol. The molecule has 0 aliphatic rings. The van der Waals surface area contributed by atoms with Crippen LogP contribution in [0.2, 0.25) is 0 Å². The van der Waals surface area contributed by atoms with Crippen LogP contribution in [0.25, 0.3) is 0 Å². The lowest BCUT2D eigenvalue weighted by Crippen LogP contribution is -2.16. The summed E-state index contributed by atoms with van der Waals surface area (Å²) in [6.07, 6.45) is 0. The molecule has 0 N–H and O–H groups in total. The second kappa shape index (κ2) is 5.66. The number of hydrogen-bond donors (Lipinski definition) is 0. The summed E-state index contributed by atoms with van der Waals surface area (Å²) in [7, 11) is -3.02. The molecule has 0 spiro atoms. The molecule has 6 nitrogen and oxygen atoms in total. The monoisotopic (exact) mass is 286 g/mol. The van der Waals surface area contributed by atoms with Gasteiger partial charge in [0.15, 0.2) is 10.0 Å². The Hall–Kier alpha value is -1.47. The van der Waals surface area contributed by atoms with Crippen LogP contribution in [-0.2, 0) is 14.2 Å². The van der Waals surface area contributed by atoms with Crippen molar-refractivity contribution in [3.8, 4) is 0 Å². The van der Waals surface area contributed by atoms with E-state index in [9.17, 15) is 14.3 Å². The molecule has 1 aromatic rings. The van der Waals surface area contributed by atoms with E-state index in [4.69, 9.17) is 4.18 Å². The second-order valence-corrected chi connectivity index (χ2v) is 6.73. The number of non-ortho nitro benzene ring substituents is 1. The fourth-order valence-electron chi connectivity index (χ4n) is 1.41. The Morgan fingerprint density at radius 1 is 1.32 bits per heavy atom. The minimum atomic E-state index is -3.02. The van der Waals surface area contributed by atoms with Crippen molar-refractivity contribution in [1.29, 1.82) is 0 Å². The van der Waals surface area contributed by atoms with E-state index < -0.39 is 20.5 Å². The Morgan fingerprint density at radius 2 is 1.84 bits per heavy atom. The van der Waals surface area contributed by atoms with Gasteiger partial charge in [-0.1, -0.05) is 0 Å². The van der Waals surface area contributed by atoms with Crippen molar-refractivity contribution in [2.24, 2.45) is 4.36 Å². The molecule has 0 unspecified atom stereocenters. The first kappa shape index (κ1) is 15.6. The van der Waals surface area contributed by atoms with Crippen LogP contribution < -0.4 is 0 Å². The predicted octanol–water partition coefficient (Wildman–Crippen LogP) is 3.17. The minimum absolute atomic E-state index is 0.0576. The molecule has 7 heteroatoms. The van der Waals surface area contributed by atoms with Crippen LogP contribution in [0.1, 0.15) is 27.7 Å². The molecular formula is C12H18N2O4S. The molecular weight excluding hydrogens is 268 g/mol. The fraction of sp³-hybridized carbons (Fsp3) is 0.500. The zero-order chi connectivity index (χ0) is 14.7. The summed E-state index contributed by atoms with van der Waals surface area (Å²) >= 11 is 0. The standard InChI is InChI=1S/C12H18N2O4S/c1-5-18-19(17,13-12(2,3)4)11-8-6-10(7-9-11)14(15)16/h6-9H,5H2,1-4H3/t19-/m0/s1. The van der Waals surface area contributed by atoms with Gasteiger partial charge in [-0.15, -0.1) is 0 Å². The Labute approximate surface area is 113 Å². The van der Waals surface area contributed by atoms with Gasteiger partial charge in [-0.05, 0) is 39.8 Å². The molecule has 0 aromatic heterocycles. The van der Waals surface area contributed by atoms with Crippen LogP contribution in [0.4, 0.5) is 5.69 Å². The van der Waals surface area contributed by atoms with Crippen molar-refractivity contribution < 1.29 is 13.3 Å². The normalized spacial score (nSPS) is 14.7. The summed E-state index contributed by atoms with van der Waals surface area (Å²) in [6.45, 7) is 7.42. The number of nitro benzene ring substituents is 1. The summed E-state index contributed by atoms with van der Waals surface area (Å²) in [5.74, 6) is 0. The van der Waals surface area contributed by atoms with Gasteiger partial charge in [-0.25, -0.2) is 8.57 Å². The van der Waals surface area contributed by atoms with E-state index in [-0.39, 0.29) is 12.3 Å². The van der Waals surface area contributed by atoms with Crippen molar-refractivity contribution >= 4 is 15.7 Å². The molecule has 0 fully saturated rings. The number of nitro groups is 1. The second-order valence-electron chi connectivity index (χ2n) is 4.89. The molecule has 0 aliphatic carbocycles. The van der Waals surface area contributed by atoms with Crippen molar-refractivity contribution in [3.05, 3.63) is 34.4 Å². The molecule has 1 aromatic carbocycles. The molecule has 0 radical (unpaired) electrons. The Morgan fingerprint density at radius 3 is 2.21 bits per heavy atom. The number of rotatable bonds is 4. The lowest BCUT2D eigenvalue weighted by atomic mass is 10.1. The van der Waals surface area contributed by atoms with E-state index in [1.807, 2.05) is 20.8 Å². The Balaban J connectivity index is 3.32. The molecule has 106 valence electrons. The molecule has 1 rings (SSSR count). The van der Waals surface area contributed by atoms with Crippen LogP contribution >= 0.6 is 0 Å². The maximum absolute atomic E-state index is 12.7. The van der Waals surface area contributed by atoms with E-state index in [0.717, 1.165) is 0 Å². The van der Waals surface area contributed by atoms with Crippen molar-refractivity contribution in [3.63, 3.8) is 0 Å². The molecule has 0 bridgehead atoms. The summed E-state index contributed by atoms with van der Waals surface area (Å²) in [5.41, 5.74) is -0.591. The zero-order valence-electron chi connectivity index (χ0n) is 11.5. The highest BCUT2D eigenvalue weighted by atomic mass is 32.2. The van der Waals surface area contributed by atoms with Gasteiger partial charge in [0.2, 0.25) is 0 Å². The van der Waals surface area contributed by atoms with E-state index >= 15 is 0 Å². The van der Waals surface area contributed by atoms with Gasteiger partial charge in [-0.2, -0.15) is 0 Å². The van der Waals surface area contributed by atoms with Crippen LogP contribution in [-0.4, -0.2) is 21.3 Å². The predicted molar refractivity (Wildman–Crippen MR) is 73.3 cm³/mol. The first-order chi connectivity index (χ1) is 8.68. The molecule has 0 aliphatic heterocycles. The van der Waals surface area contributed by atoms with Crippen molar-refractivity contribution in [2.75, 3.05) is 6.61 Å². The van der Waals surface area contributed by atoms with Crippen LogP contribution in [0.15, 0.2) is 33.5 Å². The van der Waals surface area contributed by atoms with Gasteiger partial charge in [-0.3, -0.25) is 14.3 Å². The van der Waals surface area contributed by atoms with Gasteiger partial charge >= 0.3 is 0 Å². The van der Waals surface area contributed by atoms with Crippen molar-refractivity contribution in [1.82, 2.24) is 0 Å². The first-order valence-corrected chi connectivity index (χ1v) is 7.29. The van der Waals surface area contributed by atoms with Gasteiger partial charge < -0.3 is 0 Å². The lowest BCUT2D eigenvalue weighted by molar-refractivity contribution is -0.384. The minimum Gasteiger partial charge on any atom is -0.281 e. The van der Waals surface area contributed by atoms with Crippen LogP contribution in [0, 0.1) is 10.1 Å². The highest BCUT2D eigenvalue weighted by molar-refractivity contribution is 7.89. The number of hydrogen-bond acceptors (Lipinski definition) is 5. The maximum atomic E-state index is 12.7. The topological polar surface area (TPSA) is 81.8 Å². The van der Waals surface area contributed by atoms with Crippen molar-refractivity contribution in [2.45, 2.75) is 38.1 Å². The van der Waals surface area contributed by atoms with E-state index in [0.29, 0.717) is 4.90 Å². The third kappa shape index (κ3) is 4.29. The van der Waals surface area contributed by atoms with E-state index in [1.165, 1.54) is 24.3 Å². The molecule has 0 saturated heterocycles. The van der Waals surface area contributed by atoms with Crippen LogP contribution in [0.3, 0.4) is 0 Å². The lowest BCUT2D eigenvalue weighted by Gasteiger charge is -2.17. The summed E-state index contributed by atoms with van der Waals surface area (Å²) < 4.78 is 22.2. The summed E-state index contributed by atoms with van der Waals surface area (Å²) in [4.78, 5) is 10.4. The maximum Gasteiger partial charge on any atom is 0.269 e.